The van der Waals surface area contributed by atoms with Crippen molar-refractivity contribution in [1.82, 2.24) is 0 Å². The maximum absolute atomic E-state index is 12.4. The molecule has 0 aliphatic heterocycles. The molecule has 0 saturated heterocycles. The van der Waals surface area contributed by atoms with E-state index in [1.165, 1.54) is 24.3 Å². The summed E-state index contributed by atoms with van der Waals surface area (Å²) in [6, 6.07) is 12.5. The van der Waals surface area contributed by atoms with Crippen molar-refractivity contribution < 1.29 is 17.7 Å². The number of hydrogen-bond acceptors (Lipinski definition) is 4. The van der Waals surface area contributed by atoms with E-state index < -0.39 is 10.1 Å². The molecule has 0 spiro atoms. The Hall–Kier alpha value is -2.01. The summed E-state index contributed by atoms with van der Waals surface area (Å²) in [6.45, 7) is 2.06. The van der Waals surface area contributed by atoms with Crippen LogP contribution in [0.4, 0.5) is 0 Å². The Labute approximate surface area is 125 Å². The van der Waals surface area contributed by atoms with E-state index >= 15 is 0 Å². The van der Waals surface area contributed by atoms with Gasteiger partial charge in [-0.1, -0.05) is 31.5 Å². The molecule has 0 fully saturated rings. The Bertz CT molecular complexity index is 690. The van der Waals surface area contributed by atoms with Crippen LogP contribution in [0.2, 0.25) is 0 Å². The first-order valence-electron chi connectivity index (χ1n) is 6.84. The second-order valence-corrected chi connectivity index (χ2v) is 6.26. The van der Waals surface area contributed by atoms with E-state index in [0.29, 0.717) is 6.42 Å². The van der Waals surface area contributed by atoms with Crippen molar-refractivity contribution >= 4 is 10.1 Å². The van der Waals surface area contributed by atoms with E-state index in [2.05, 4.69) is 6.92 Å². The third-order valence-corrected chi connectivity index (χ3v) is 4.43. The van der Waals surface area contributed by atoms with Gasteiger partial charge in [0.1, 0.15) is 16.4 Å². The number of hydrogen-bond donors (Lipinski definition) is 1. The lowest BCUT2D eigenvalue weighted by Crippen LogP contribution is -2.12. The SMILES string of the molecule is CCCCc1ccccc1S(=O)(=O)Oc1ccc(O)cc1. The predicted molar refractivity (Wildman–Crippen MR) is 81.0 cm³/mol. The molecule has 1 N–H and O–H groups in total. The van der Waals surface area contributed by atoms with Gasteiger partial charge in [0, 0.05) is 0 Å². The van der Waals surface area contributed by atoms with Crippen LogP contribution < -0.4 is 4.18 Å². The molecule has 0 atom stereocenters. The Kier molecular flexibility index (Phi) is 4.85. The lowest BCUT2D eigenvalue weighted by atomic mass is 10.1. The molecule has 0 aliphatic rings. The van der Waals surface area contributed by atoms with Gasteiger partial charge in [0.25, 0.3) is 0 Å². The van der Waals surface area contributed by atoms with Crippen molar-refractivity contribution in [1.29, 1.82) is 0 Å². The number of benzene rings is 2. The van der Waals surface area contributed by atoms with Gasteiger partial charge in [-0.15, -0.1) is 0 Å². The minimum absolute atomic E-state index is 0.0584. The third kappa shape index (κ3) is 3.98. The molecule has 5 heteroatoms. The molecular weight excluding hydrogens is 288 g/mol. The molecule has 112 valence electrons. The smallest absolute Gasteiger partial charge is 0.339 e. The zero-order valence-electron chi connectivity index (χ0n) is 11.8. The first-order chi connectivity index (χ1) is 10.0. The molecule has 2 aromatic rings. The van der Waals surface area contributed by atoms with E-state index in [9.17, 15) is 13.5 Å². The van der Waals surface area contributed by atoms with E-state index in [1.54, 1.807) is 12.1 Å². The summed E-state index contributed by atoms with van der Waals surface area (Å²) in [6.07, 6.45) is 2.61. The van der Waals surface area contributed by atoms with E-state index in [0.717, 1.165) is 18.4 Å². The minimum Gasteiger partial charge on any atom is -0.508 e. The fourth-order valence-electron chi connectivity index (χ4n) is 1.99. The number of phenols is 1. The number of rotatable bonds is 6. The predicted octanol–water partition coefficient (Wildman–Crippen LogP) is 3.50. The molecule has 2 rings (SSSR count). The Balaban J connectivity index is 2.29. The molecule has 0 aliphatic carbocycles. The Morgan fingerprint density at radius 3 is 2.38 bits per heavy atom. The first-order valence-corrected chi connectivity index (χ1v) is 8.25. The number of aromatic hydroxyl groups is 1. The van der Waals surface area contributed by atoms with E-state index in [1.807, 2.05) is 12.1 Å². The quantitative estimate of drug-likeness (QED) is 0.830. The summed E-state index contributed by atoms with van der Waals surface area (Å²) in [5.41, 5.74) is 0.762. The summed E-state index contributed by atoms with van der Waals surface area (Å²) >= 11 is 0. The van der Waals surface area contributed by atoms with Crippen LogP contribution in [0.5, 0.6) is 11.5 Å². The maximum Gasteiger partial charge on any atom is 0.339 e. The highest BCUT2D eigenvalue weighted by Gasteiger charge is 2.20. The van der Waals surface area contributed by atoms with Crippen molar-refractivity contribution in [2.75, 3.05) is 0 Å². The van der Waals surface area contributed by atoms with E-state index in [-0.39, 0.29) is 16.4 Å². The summed E-state index contributed by atoms with van der Waals surface area (Å²) in [5.74, 6) is 0.237. The Morgan fingerprint density at radius 1 is 1.05 bits per heavy atom. The lowest BCUT2D eigenvalue weighted by molar-refractivity contribution is 0.468. The molecule has 2 aromatic carbocycles. The van der Waals surface area contributed by atoms with Gasteiger partial charge in [-0.05, 0) is 48.7 Å². The summed E-state index contributed by atoms with van der Waals surface area (Å²) in [7, 11) is -3.87. The van der Waals surface area contributed by atoms with Gasteiger partial charge < -0.3 is 9.29 Å². The van der Waals surface area contributed by atoms with Crippen LogP contribution in [-0.2, 0) is 16.5 Å². The topological polar surface area (TPSA) is 63.6 Å². The van der Waals surface area contributed by atoms with Crippen LogP contribution in [-0.4, -0.2) is 13.5 Å². The average Bonchev–Trinajstić information content (AvgIpc) is 2.47. The molecule has 4 nitrogen and oxygen atoms in total. The average molecular weight is 306 g/mol. The van der Waals surface area contributed by atoms with Gasteiger partial charge in [0.2, 0.25) is 0 Å². The zero-order chi connectivity index (χ0) is 15.3. The van der Waals surface area contributed by atoms with Gasteiger partial charge in [0.15, 0.2) is 0 Å². The van der Waals surface area contributed by atoms with Crippen LogP contribution >= 0.6 is 0 Å². The number of phenolic OH excluding ortho intramolecular Hbond substituents is 1. The molecule has 0 heterocycles. The largest absolute Gasteiger partial charge is 0.508 e. The molecule has 0 amide bonds. The highest BCUT2D eigenvalue weighted by Crippen LogP contribution is 2.24. The van der Waals surface area contributed by atoms with Crippen LogP contribution in [0.1, 0.15) is 25.3 Å². The molecule has 0 saturated carbocycles. The third-order valence-electron chi connectivity index (χ3n) is 3.08. The normalized spacial score (nSPS) is 11.3. The first kappa shape index (κ1) is 15.4. The highest BCUT2D eigenvalue weighted by atomic mass is 32.2. The van der Waals surface area contributed by atoms with Gasteiger partial charge in [0.05, 0.1) is 0 Å². The summed E-state index contributed by atoms with van der Waals surface area (Å²) < 4.78 is 29.9. The lowest BCUT2D eigenvalue weighted by Gasteiger charge is -2.11. The second kappa shape index (κ2) is 6.63. The van der Waals surface area contributed by atoms with Crippen LogP contribution in [0.3, 0.4) is 0 Å². The van der Waals surface area contributed by atoms with Gasteiger partial charge in [-0.3, -0.25) is 0 Å². The molecular formula is C16H18O4S. The molecule has 0 radical (unpaired) electrons. The fraction of sp³-hybridized carbons (Fsp3) is 0.250. The van der Waals surface area contributed by atoms with Gasteiger partial charge >= 0.3 is 10.1 Å². The minimum atomic E-state index is -3.87. The van der Waals surface area contributed by atoms with Crippen molar-refractivity contribution in [2.24, 2.45) is 0 Å². The fourth-order valence-corrected chi connectivity index (χ4v) is 3.19. The number of unbranched alkanes of at least 4 members (excludes halogenated alkanes) is 1. The zero-order valence-corrected chi connectivity index (χ0v) is 12.6. The van der Waals surface area contributed by atoms with Crippen LogP contribution in [0.15, 0.2) is 53.4 Å². The van der Waals surface area contributed by atoms with Crippen LogP contribution in [0.25, 0.3) is 0 Å². The molecule has 0 unspecified atom stereocenters. The van der Waals surface area contributed by atoms with E-state index in [4.69, 9.17) is 4.18 Å². The second-order valence-electron chi connectivity index (χ2n) is 4.74. The number of aryl methyl sites for hydroxylation is 1. The highest BCUT2D eigenvalue weighted by molar-refractivity contribution is 7.87. The summed E-state index contributed by atoms with van der Waals surface area (Å²) in [5, 5.41) is 9.21. The van der Waals surface area contributed by atoms with Crippen molar-refractivity contribution in [3.05, 3.63) is 54.1 Å². The monoisotopic (exact) mass is 306 g/mol. The van der Waals surface area contributed by atoms with Crippen LogP contribution in [0, 0.1) is 0 Å². The molecule has 0 bridgehead atoms. The molecule has 21 heavy (non-hydrogen) atoms. The van der Waals surface area contributed by atoms with Crippen molar-refractivity contribution in [2.45, 2.75) is 31.1 Å². The van der Waals surface area contributed by atoms with Crippen molar-refractivity contribution in [3.8, 4) is 11.5 Å². The van der Waals surface area contributed by atoms with Gasteiger partial charge in [-0.25, -0.2) is 0 Å². The summed E-state index contributed by atoms with van der Waals surface area (Å²) in [4.78, 5) is 0.200. The Morgan fingerprint density at radius 2 is 1.71 bits per heavy atom. The van der Waals surface area contributed by atoms with Gasteiger partial charge in [-0.2, -0.15) is 8.42 Å². The van der Waals surface area contributed by atoms with Crippen molar-refractivity contribution in [3.63, 3.8) is 0 Å². The molecule has 0 aromatic heterocycles. The maximum atomic E-state index is 12.4. The standard InChI is InChI=1S/C16H18O4S/c1-2-3-6-13-7-4-5-8-16(13)21(18,19)20-15-11-9-14(17)10-12-15/h4-5,7-12,17H,2-3,6H2,1H3.